The first-order chi connectivity index (χ1) is 12.9. The van der Waals surface area contributed by atoms with Gasteiger partial charge in [-0.1, -0.05) is 13.8 Å². The number of ether oxygens (including phenoxy) is 2. The molecule has 0 saturated heterocycles. The first-order valence-electron chi connectivity index (χ1n) is 9.00. The Hall–Kier alpha value is -2.73. The average molecular weight is 367 g/mol. The van der Waals surface area contributed by atoms with Gasteiger partial charge in [0.25, 0.3) is 5.56 Å². The molecule has 2 heterocycles. The van der Waals surface area contributed by atoms with E-state index in [4.69, 9.17) is 14.5 Å². The Balaban J connectivity index is 2.38. The number of hydrogen-bond donors (Lipinski definition) is 0. The van der Waals surface area contributed by atoms with Gasteiger partial charge in [0, 0.05) is 24.9 Å². The Labute approximate surface area is 158 Å². The van der Waals surface area contributed by atoms with Crippen LogP contribution in [0.1, 0.15) is 30.9 Å². The number of methoxy groups -OCH3 is 2. The zero-order valence-electron chi connectivity index (χ0n) is 16.4. The van der Waals surface area contributed by atoms with E-state index in [0.29, 0.717) is 35.8 Å². The highest BCUT2D eigenvalue weighted by Gasteiger charge is 2.18. The van der Waals surface area contributed by atoms with Gasteiger partial charge in [0.05, 0.1) is 19.1 Å². The van der Waals surface area contributed by atoms with E-state index in [2.05, 4.69) is 18.8 Å². The number of rotatable bonds is 6. The predicted octanol–water partition coefficient (Wildman–Crippen LogP) is 3.44. The fourth-order valence-corrected chi connectivity index (χ4v) is 3.24. The highest BCUT2D eigenvalue weighted by molar-refractivity contribution is 5.80. The van der Waals surface area contributed by atoms with Crippen LogP contribution in [0.3, 0.4) is 0 Å². The third-order valence-electron chi connectivity index (χ3n) is 4.35. The molecule has 0 N–H and O–H groups in total. The van der Waals surface area contributed by atoms with Crippen molar-refractivity contribution in [2.24, 2.45) is 5.92 Å². The monoisotopic (exact) mass is 367 g/mol. The minimum absolute atomic E-state index is 0.259. The molecule has 0 bridgehead atoms. The summed E-state index contributed by atoms with van der Waals surface area (Å²) in [5.41, 5.74) is 2.88. The molecule has 3 rings (SSSR count). The van der Waals surface area contributed by atoms with Crippen molar-refractivity contribution in [2.45, 2.75) is 33.8 Å². The largest absolute Gasteiger partial charge is 0.497 e. The van der Waals surface area contributed by atoms with Crippen LogP contribution < -0.4 is 10.3 Å². The number of aromatic nitrogens is 3. The molecule has 0 aliphatic carbocycles. The number of aryl methyl sites for hydroxylation is 1. The van der Waals surface area contributed by atoms with E-state index in [0.717, 1.165) is 22.7 Å². The van der Waals surface area contributed by atoms with E-state index in [1.165, 1.54) is 0 Å². The smallest absolute Gasteiger partial charge is 0.282 e. The summed E-state index contributed by atoms with van der Waals surface area (Å²) in [4.78, 5) is 21.9. The summed E-state index contributed by atoms with van der Waals surface area (Å²) < 4.78 is 12.5. The number of pyridine rings is 1. The molecule has 2 aromatic heterocycles. The Kier molecular flexibility index (Phi) is 5.56. The van der Waals surface area contributed by atoms with Crippen LogP contribution in [0, 0.1) is 12.8 Å². The average Bonchev–Trinajstić information content (AvgIpc) is 2.61. The molecule has 0 atom stereocenters. The number of fused-ring (bicyclic) bond motifs is 1. The first-order valence-corrected chi connectivity index (χ1v) is 9.00. The van der Waals surface area contributed by atoms with Crippen molar-refractivity contribution in [3.05, 3.63) is 57.8 Å². The summed E-state index contributed by atoms with van der Waals surface area (Å²) in [6.45, 7) is 6.47. The van der Waals surface area contributed by atoms with E-state index >= 15 is 0 Å². The Morgan fingerprint density at radius 2 is 1.81 bits per heavy atom. The van der Waals surface area contributed by atoms with Gasteiger partial charge in [-0.25, -0.2) is 4.98 Å². The summed E-state index contributed by atoms with van der Waals surface area (Å²) in [6, 6.07) is 9.58. The van der Waals surface area contributed by atoms with Crippen molar-refractivity contribution in [1.82, 2.24) is 14.5 Å². The van der Waals surface area contributed by atoms with E-state index in [9.17, 15) is 4.79 Å². The van der Waals surface area contributed by atoms with Gasteiger partial charge < -0.3 is 9.47 Å². The lowest BCUT2D eigenvalue weighted by Gasteiger charge is -2.18. The first kappa shape index (κ1) is 19.0. The Morgan fingerprint density at radius 1 is 1.11 bits per heavy atom. The topological polar surface area (TPSA) is 66.2 Å². The van der Waals surface area contributed by atoms with Gasteiger partial charge in [0.2, 0.25) is 0 Å². The van der Waals surface area contributed by atoms with Crippen LogP contribution in [0.2, 0.25) is 0 Å². The van der Waals surface area contributed by atoms with E-state index in [1.807, 2.05) is 41.8 Å². The maximum absolute atomic E-state index is 12.8. The second-order valence-electron chi connectivity index (χ2n) is 7.02. The molecule has 0 saturated carbocycles. The standard InChI is InChI=1S/C21H25N3O3/c1-13(2)10-18-23-21(25)19-15(12-26-4)11-14(3)22-20(19)24(18)16-6-8-17(27-5)9-7-16/h6-9,11,13H,10,12H2,1-5H3. The predicted molar refractivity (Wildman–Crippen MR) is 106 cm³/mol. The molecule has 3 aromatic rings. The molecule has 0 fully saturated rings. The molecular formula is C21H25N3O3. The molecule has 0 aliphatic heterocycles. The van der Waals surface area contributed by atoms with Crippen molar-refractivity contribution in [2.75, 3.05) is 14.2 Å². The second kappa shape index (κ2) is 7.88. The Morgan fingerprint density at radius 3 is 2.41 bits per heavy atom. The zero-order chi connectivity index (χ0) is 19.6. The van der Waals surface area contributed by atoms with Crippen LogP contribution in [-0.2, 0) is 17.8 Å². The normalized spacial score (nSPS) is 11.3. The van der Waals surface area contributed by atoms with Gasteiger partial charge in [-0.2, -0.15) is 4.98 Å². The molecule has 0 aliphatic rings. The fourth-order valence-electron chi connectivity index (χ4n) is 3.24. The minimum atomic E-state index is -0.259. The third-order valence-corrected chi connectivity index (χ3v) is 4.35. The Bertz CT molecular complexity index is 1010. The molecule has 6 nitrogen and oxygen atoms in total. The highest BCUT2D eigenvalue weighted by Crippen LogP contribution is 2.23. The van der Waals surface area contributed by atoms with Crippen molar-refractivity contribution < 1.29 is 9.47 Å². The van der Waals surface area contributed by atoms with Gasteiger partial charge >= 0.3 is 0 Å². The highest BCUT2D eigenvalue weighted by atomic mass is 16.5. The van der Waals surface area contributed by atoms with Gasteiger partial charge in [-0.05, 0) is 48.7 Å². The molecule has 6 heteroatoms. The lowest BCUT2D eigenvalue weighted by atomic mass is 10.1. The number of benzene rings is 1. The molecule has 0 radical (unpaired) electrons. The molecule has 0 amide bonds. The molecule has 0 spiro atoms. The van der Waals surface area contributed by atoms with E-state index < -0.39 is 0 Å². The summed E-state index contributed by atoms with van der Waals surface area (Å²) in [6.07, 6.45) is 0.673. The van der Waals surface area contributed by atoms with Crippen LogP contribution in [0.25, 0.3) is 16.7 Å². The number of nitrogens with zero attached hydrogens (tertiary/aromatic N) is 3. The van der Waals surface area contributed by atoms with Gasteiger partial charge in [0.15, 0.2) is 5.65 Å². The maximum Gasteiger partial charge on any atom is 0.282 e. The van der Waals surface area contributed by atoms with Crippen LogP contribution in [-0.4, -0.2) is 28.8 Å². The van der Waals surface area contributed by atoms with Crippen LogP contribution in [0.5, 0.6) is 5.75 Å². The fraction of sp³-hybridized carbons (Fsp3) is 0.381. The van der Waals surface area contributed by atoms with Crippen molar-refractivity contribution in [1.29, 1.82) is 0 Å². The molecule has 142 valence electrons. The van der Waals surface area contributed by atoms with E-state index in [1.54, 1.807) is 14.2 Å². The minimum Gasteiger partial charge on any atom is -0.497 e. The van der Waals surface area contributed by atoms with Crippen molar-refractivity contribution >= 4 is 11.0 Å². The molecule has 27 heavy (non-hydrogen) atoms. The summed E-state index contributed by atoms with van der Waals surface area (Å²) in [7, 11) is 3.25. The third kappa shape index (κ3) is 3.85. The van der Waals surface area contributed by atoms with Gasteiger partial charge in [0.1, 0.15) is 11.6 Å². The zero-order valence-corrected chi connectivity index (χ0v) is 16.4. The van der Waals surface area contributed by atoms with Gasteiger partial charge in [-0.3, -0.25) is 9.36 Å². The number of hydrogen-bond acceptors (Lipinski definition) is 5. The summed E-state index contributed by atoms with van der Waals surface area (Å²) in [5.74, 6) is 1.82. The molecule has 1 aromatic carbocycles. The summed E-state index contributed by atoms with van der Waals surface area (Å²) >= 11 is 0. The molecule has 0 unspecified atom stereocenters. The lowest BCUT2D eigenvalue weighted by molar-refractivity contribution is 0.186. The molecular weight excluding hydrogens is 342 g/mol. The van der Waals surface area contributed by atoms with Crippen LogP contribution in [0.15, 0.2) is 35.1 Å². The quantitative estimate of drug-likeness (QED) is 0.668. The van der Waals surface area contributed by atoms with E-state index in [-0.39, 0.29) is 5.56 Å². The van der Waals surface area contributed by atoms with Crippen molar-refractivity contribution in [3.8, 4) is 11.4 Å². The van der Waals surface area contributed by atoms with Crippen LogP contribution >= 0.6 is 0 Å². The second-order valence-corrected chi connectivity index (χ2v) is 7.02. The summed E-state index contributed by atoms with van der Waals surface area (Å²) in [5, 5.41) is 0.505. The van der Waals surface area contributed by atoms with Crippen LogP contribution in [0.4, 0.5) is 0 Å². The van der Waals surface area contributed by atoms with Crippen molar-refractivity contribution in [3.63, 3.8) is 0 Å². The SMILES string of the molecule is COCc1cc(C)nc2c1c(=O)nc(CC(C)C)n2-c1ccc(OC)cc1. The lowest BCUT2D eigenvalue weighted by Crippen LogP contribution is -2.22. The van der Waals surface area contributed by atoms with Gasteiger partial charge in [-0.15, -0.1) is 0 Å². The maximum atomic E-state index is 12.8.